The van der Waals surface area contributed by atoms with Crippen LogP contribution in [0.3, 0.4) is 0 Å². The zero-order chi connectivity index (χ0) is 14.0. The summed E-state index contributed by atoms with van der Waals surface area (Å²) in [5.41, 5.74) is 0.337. The van der Waals surface area contributed by atoms with Gasteiger partial charge in [0.25, 0.3) is 5.91 Å². The maximum atomic E-state index is 12.4. The molecule has 0 spiro atoms. The number of carboxylic acids is 1. The molecular formula is C13H13BrClNO3. The molecule has 4 nitrogen and oxygen atoms in total. The highest BCUT2D eigenvalue weighted by molar-refractivity contribution is 9.10. The quantitative estimate of drug-likeness (QED) is 0.895. The summed E-state index contributed by atoms with van der Waals surface area (Å²) < 4.78 is 0.740. The molecule has 1 aromatic rings. The van der Waals surface area contributed by atoms with Crippen molar-refractivity contribution < 1.29 is 14.7 Å². The Kier molecular flexibility index (Phi) is 4.47. The third-order valence-electron chi connectivity index (χ3n) is 3.21. The Morgan fingerprint density at radius 3 is 2.79 bits per heavy atom. The van der Waals surface area contributed by atoms with Crippen molar-refractivity contribution in [2.75, 3.05) is 6.54 Å². The Morgan fingerprint density at radius 2 is 2.11 bits per heavy atom. The Labute approximate surface area is 124 Å². The van der Waals surface area contributed by atoms with E-state index in [1.807, 2.05) is 0 Å². The fraction of sp³-hybridized carbons (Fsp3) is 0.385. The van der Waals surface area contributed by atoms with Crippen LogP contribution >= 0.6 is 27.5 Å². The monoisotopic (exact) mass is 345 g/mol. The molecule has 1 atom stereocenters. The number of likely N-dealkylation sites (tertiary alicyclic amines) is 1. The Balaban J connectivity index is 2.31. The minimum absolute atomic E-state index is 0.321. The summed E-state index contributed by atoms with van der Waals surface area (Å²) in [6.45, 7) is 0.457. The number of aliphatic carboxylic acids is 1. The zero-order valence-corrected chi connectivity index (χ0v) is 12.4. The SMILES string of the molecule is O=C(O)[C@@H]1CCCCN1C(=O)c1cc(Br)ccc1Cl. The molecule has 0 radical (unpaired) electrons. The van der Waals surface area contributed by atoms with E-state index in [0.29, 0.717) is 23.6 Å². The smallest absolute Gasteiger partial charge is 0.326 e. The first kappa shape index (κ1) is 14.3. The summed E-state index contributed by atoms with van der Waals surface area (Å²) in [5, 5.41) is 9.53. The van der Waals surface area contributed by atoms with E-state index in [-0.39, 0.29) is 5.91 Å². The van der Waals surface area contributed by atoms with Crippen molar-refractivity contribution in [3.63, 3.8) is 0 Å². The van der Waals surface area contributed by atoms with Crippen LogP contribution < -0.4 is 0 Å². The summed E-state index contributed by atoms with van der Waals surface area (Å²) in [7, 11) is 0. The topological polar surface area (TPSA) is 57.6 Å². The van der Waals surface area contributed by atoms with Crippen molar-refractivity contribution in [2.45, 2.75) is 25.3 Å². The van der Waals surface area contributed by atoms with Crippen LogP contribution in [-0.2, 0) is 4.79 Å². The number of benzene rings is 1. The average molecular weight is 347 g/mol. The molecule has 0 aliphatic carbocycles. The van der Waals surface area contributed by atoms with Gasteiger partial charge in [0, 0.05) is 11.0 Å². The van der Waals surface area contributed by atoms with Gasteiger partial charge in [0.05, 0.1) is 10.6 Å². The lowest BCUT2D eigenvalue weighted by atomic mass is 10.0. The van der Waals surface area contributed by atoms with Gasteiger partial charge in [-0.3, -0.25) is 4.79 Å². The van der Waals surface area contributed by atoms with E-state index in [4.69, 9.17) is 11.6 Å². The second-order valence-electron chi connectivity index (χ2n) is 4.47. The number of rotatable bonds is 2. The third kappa shape index (κ3) is 3.09. The summed E-state index contributed by atoms with van der Waals surface area (Å²) in [4.78, 5) is 25.1. The molecule has 0 aromatic heterocycles. The van der Waals surface area contributed by atoms with Gasteiger partial charge in [-0.2, -0.15) is 0 Å². The number of carboxylic acid groups (broad SMARTS) is 1. The highest BCUT2D eigenvalue weighted by Gasteiger charge is 2.33. The fourth-order valence-electron chi connectivity index (χ4n) is 2.25. The molecule has 1 aliphatic rings. The molecule has 1 fully saturated rings. The van der Waals surface area contributed by atoms with Gasteiger partial charge in [-0.05, 0) is 37.5 Å². The number of nitrogens with zero attached hydrogens (tertiary/aromatic N) is 1. The number of carbonyl (C=O) groups excluding carboxylic acids is 1. The number of hydrogen-bond acceptors (Lipinski definition) is 2. The van der Waals surface area contributed by atoms with E-state index in [1.165, 1.54) is 4.90 Å². The number of piperidine rings is 1. The van der Waals surface area contributed by atoms with E-state index in [1.54, 1.807) is 18.2 Å². The predicted octanol–water partition coefficient (Wildman–Crippen LogP) is 3.18. The molecule has 1 amide bonds. The molecule has 102 valence electrons. The van der Waals surface area contributed by atoms with Crippen LogP contribution in [-0.4, -0.2) is 34.5 Å². The van der Waals surface area contributed by atoms with Gasteiger partial charge in [0.15, 0.2) is 0 Å². The summed E-state index contributed by atoms with van der Waals surface area (Å²) in [5.74, 6) is -1.28. The minimum Gasteiger partial charge on any atom is -0.480 e. The van der Waals surface area contributed by atoms with Crippen LogP contribution in [0.1, 0.15) is 29.6 Å². The van der Waals surface area contributed by atoms with Gasteiger partial charge in [-0.1, -0.05) is 27.5 Å². The zero-order valence-electron chi connectivity index (χ0n) is 10.1. The molecule has 1 aliphatic heterocycles. The van der Waals surface area contributed by atoms with Gasteiger partial charge in [0.1, 0.15) is 6.04 Å². The van der Waals surface area contributed by atoms with Gasteiger partial charge in [-0.15, -0.1) is 0 Å². The third-order valence-corrected chi connectivity index (χ3v) is 4.03. The molecule has 0 saturated carbocycles. The molecule has 0 unspecified atom stereocenters. The standard InChI is InChI=1S/C13H13BrClNO3/c14-8-4-5-10(15)9(7-8)12(17)16-6-2-1-3-11(16)13(18)19/h4-5,7,11H,1-3,6H2,(H,18,19)/t11-/m0/s1. The minimum atomic E-state index is -0.959. The molecule has 1 heterocycles. The lowest BCUT2D eigenvalue weighted by Crippen LogP contribution is -2.48. The van der Waals surface area contributed by atoms with Crippen LogP contribution in [0.25, 0.3) is 0 Å². The van der Waals surface area contributed by atoms with Gasteiger partial charge >= 0.3 is 5.97 Å². The lowest BCUT2D eigenvalue weighted by Gasteiger charge is -2.33. The molecule has 1 aromatic carbocycles. The van der Waals surface area contributed by atoms with Crippen LogP contribution in [0.4, 0.5) is 0 Å². The van der Waals surface area contributed by atoms with E-state index in [0.717, 1.165) is 17.3 Å². The fourth-order valence-corrected chi connectivity index (χ4v) is 2.81. The van der Waals surface area contributed by atoms with Crippen molar-refractivity contribution in [3.05, 3.63) is 33.3 Å². The number of hydrogen-bond donors (Lipinski definition) is 1. The van der Waals surface area contributed by atoms with Gasteiger partial charge < -0.3 is 10.0 Å². The largest absolute Gasteiger partial charge is 0.480 e. The van der Waals surface area contributed by atoms with E-state index < -0.39 is 12.0 Å². The van der Waals surface area contributed by atoms with Crippen molar-refractivity contribution in [2.24, 2.45) is 0 Å². The normalized spacial score (nSPS) is 19.3. The van der Waals surface area contributed by atoms with Crippen molar-refractivity contribution in [1.29, 1.82) is 0 Å². The number of amides is 1. The van der Waals surface area contributed by atoms with Crippen molar-refractivity contribution >= 4 is 39.4 Å². The Bertz CT molecular complexity index is 521. The Hall–Kier alpha value is -1.07. The lowest BCUT2D eigenvalue weighted by molar-refractivity contribution is -0.143. The first-order chi connectivity index (χ1) is 9.00. The highest BCUT2D eigenvalue weighted by atomic mass is 79.9. The first-order valence-corrected chi connectivity index (χ1v) is 7.16. The van der Waals surface area contributed by atoms with Crippen LogP contribution in [0.15, 0.2) is 22.7 Å². The summed E-state index contributed by atoms with van der Waals surface area (Å²) >= 11 is 9.31. The van der Waals surface area contributed by atoms with Crippen molar-refractivity contribution in [3.8, 4) is 0 Å². The summed E-state index contributed by atoms with van der Waals surface area (Å²) in [6, 6.07) is 4.23. The molecule has 1 saturated heterocycles. The summed E-state index contributed by atoms with van der Waals surface area (Å²) in [6.07, 6.45) is 2.14. The van der Waals surface area contributed by atoms with Gasteiger partial charge in [-0.25, -0.2) is 4.79 Å². The molecule has 0 bridgehead atoms. The van der Waals surface area contributed by atoms with Crippen LogP contribution in [0.5, 0.6) is 0 Å². The first-order valence-electron chi connectivity index (χ1n) is 5.99. The number of halogens is 2. The number of carbonyl (C=O) groups is 2. The van der Waals surface area contributed by atoms with Crippen LogP contribution in [0.2, 0.25) is 5.02 Å². The Morgan fingerprint density at radius 1 is 1.37 bits per heavy atom. The molecule has 2 rings (SSSR count). The second-order valence-corrected chi connectivity index (χ2v) is 5.80. The molecule has 19 heavy (non-hydrogen) atoms. The second kappa shape index (κ2) is 5.92. The molecule has 6 heteroatoms. The van der Waals surface area contributed by atoms with Crippen LogP contribution in [0, 0.1) is 0 Å². The average Bonchev–Trinajstić information content (AvgIpc) is 2.40. The molecule has 1 N–H and O–H groups in total. The maximum Gasteiger partial charge on any atom is 0.326 e. The van der Waals surface area contributed by atoms with E-state index >= 15 is 0 Å². The van der Waals surface area contributed by atoms with Crippen molar-refractivity contribution in [1.82, 2.24) is 4.90 Å². The van der Waals surface area contributed by atoms with E-state index in [9.17, 15) is 14.7 Å². The van der Waals surface area contributed by atoms with E-state index in [2.05, 4.69) is 15.9 Å². The predicted molar refractivity (Wildman–Crippen MR) is 75.5 cm³/mol. The molecular weight excluding hydrogens is 334 g/mol. The highest BCUT2D eigenvalue weighted by Crippen LogP contribution is 2.26. The van der Waals surface area contributed by atoms with Gasteiger partial charge in [0.2, 0.25) is 0 Å². The maximum absolute atomic E-state index is 12.4.